The largest absolute Gasteiger partial charge is 0.324 e. The lowest BCUT2D eigenvalue weighted by molar-refractivity contribution is -0.132. The first-order valence-corrected chi connectivity index (χ1v) is 6.54. The topological polar surface area (TPSA) is 35.6 Å². The van der Waals surface area contributed by atoms with E-state index in [0.717, 1.165) is 32.6 Å². The SMILES string of the molecule is CCN1CCCC(N2CNC3(CC3)C2=O)C1. The molecule has 3 fully saturated rings. The minimum Gasteiger partial charge on any atom is -0.324 e. The van der Waals surface area contributed by atoms with E-state index in [1.54, 1.807) is 0 Å². The van der Waals surface area contributed by atoms with E-state index in [-0.39, 0.29) is 5.54 Å². The smallest absolute Gasteiger partial charge is 0.244 e. The number of likely N-dealkylation sites (N-methyl/N-ethyl adjacent to an activating group) is 1. The lowest BCUT2D eigenvalue weighted by atomic mass is 10.0. The molecule has 16 heavy (non-hydrogen) atoms. The van der Waals surface area contributed by atoms with Crippen LogP contribution in [0.3, 0.4) is 0 Å². The van der Waals surface area contributed by atoms with Crippen LogP contribution >= 0.6 is 0 Å². The first kappa shape index (κ1) is 10.5. The van der Waals surface area contributed by atoms with Crippen LogP contribution in [0.5, 0.6) is 0 Å². The Labute approximate surface area is 97.0 Å². The van der Waals surface area contributed by atoms with Crippen LogP contribution in [-0.2, 0) is 4.79 Å². The van der Waals surface area contributed by atoms with E-state index in [9.17, 15) is 4.79 Å². The third kappa shape index (κ3) is 1.55. The second kappa shape index (κ2) is 3.70. The molecule has 1 atom stereocenters. The molecule has 1 N–H and O–H groups in total. The standard InChI is InChI=1S/C12H21N3O/c1-2-14-7-3-4-10(8-14)15-9-13-12(5-6-12)11(15)16/h10,13H,2-9H2,1H3. The molecular formula is C12H21N3O. The molecule has 0 aromatic heterocycles. The Morgan fingerprint density at radius 2 is 2.31 bits per heavy atom. The maximum absolute atomic E-state index is 12.2. The highest BCUT2D eigenvalue weighted by atomic mass is 16.2. The van der Waals surface area contributed by atoms with Crippen LogP contribution in [0, 0.1) is 0 Å². The maximum atomic E-state index is 12.2. The van der Waals surface area contributed by atoms with E-state index < -0.39 is 0 Å². The number of amides is 1. The van der Waals surface area contributed by atoms with Gasteiger partial charge in [0.05, 0.1) is 12.2 Å². The first-order valence-electron chi connectivity index (χ1n) is 6.54. The van der Waals surface area contributed by atoms with Crippen LogP contribution < -0.4 is 5.32 Å². The lowest BCUT2D eigenvalue weighted by Crippen LogP contribution is -2.49. The van der Waals surface area contributed by atoms with Crippen LogP contribution in [0.15, 0.2) is 0 Å². The van der Waals surface area contributed by atoms with Gasteiger partial charge in [-0.3, -0.25) is 10.1 Å². The quantitative estimate of drug-likeness (QED) is 0.736. The molecule has 1 amide bonds. The molecule has 1 unspecified atom stereocenters. The number of rotatable bonds is 2. The molecular weight excluding hydrogens is 202 g/mol. The van der Waals surface area contributed by atoms with Gasteiger partial charge in [-0.15, -0.1) is 0 Å². The fourth-order valence-electron chi connectivity index (χ4n) is 3.04. The second-order valence-corrected chi connectivity index (χ2v) is 5.38. The molecule has 2 aliphatic heterocycles. The molecule has 4 heteroatoms. The molecule has 2 saturated heterocycles. The summed E-state index contributed by atoms with van der Waals surface area (Å²) in [5.41, 5.74) is -0.117. The predicted octanol–water partition coefficient (Wildman–Crippen LogP) is 0.393. The molecule has 0 bridgehead atoms. The third-order valence-electron chi connectivity index (χ3n) is 4.38. The van der Waals surface area contributed by atoms with Crippen molar-refractivity contribution in [3.8, 4) is 0 Å². The third-order valence-corrected chi connectivity index (χ3v) is 4.38. The Morgan fingerprint density at radius 1 is 1.50 bits per heavy atom. The van der Waals surface area contributed by atoms with Gasteiger partial charge >= 0.3 is 0 Å². The summed E-state index contributed by atoms with van der Waals surface area (Å²) in [5.74, 6) is 0.371. The van der Waals surface area contributed by atoms with Crippen LogP contribution in [0.1, 0.15) is 32.6 Å². The normalized spacial score (nSPS) is 33.7. The second-order valence-electron chi connectivity index (χ2n) is 5.38. The van der Waals surface area contributed by atoms with E-state index in [0.29, 0.717) is 11.9 Å². The van der Waals surface area contributed by atoms with E-state index in [4.69, 9.17) is 0 Å². The number of nitrogens with zero attached hydrogens (tertiary/aromatic N) is 2. The van der Waals surface area contributed by atoms with E-state index in [1.165, 1.54) is 19.4 Å². The summed E-state index contributed by atoms with van der Waals surface area (Å²) in [5, 5.41) is 3.39. The van der Waals surface area contributed by atoms with Crippen molar-refractivity contribution < 1.29 is 4.79 Å². The predicted molar refractivity (Wildman–Crippen MR) is 61.9 cm³/mol. The molecule has 1 aliphatic carbocycles. The van der Waals surface area contributed by atoms with Gasteiger partial charge in [-0.05, 0) is 38.8 Å². The first-order chi connectivity index (χ1) is 7.75. The maximum Gasteiger partial charge on any atom is 0.244 e. The van der Waals surface area contributed by atoms with Crippen LogP contribution in [-0.4, -0.2) is 53.6 Å². The van der Waals surface area contributed by atoms with Gasteiger partial charge in [-0.2, -0.15) is 0 Å². The number of hydrogen-bond acceptors (Lipinski definition) is 3. The minimum absolute atomic E-state index is 0.117. The lowest BCUT2D eigenvalue weighted by Gasteiger charge is -2.36. The zero-order valence-corrected chi connectivity index (χ0v) is 10.0. The van der Waals surface area contributed by atoms with Gasteiger partial charge in [0.2, 0.25) is 5.91 Å². The molecule has 0 radical (unpaired) electrons. The molecule has 3 aliphatic rings. The Hall–Kier alpha value is -0.610. The average Bonchev–Trinajstić information content (AvgIpc) is 3.03. The molecule has 3 rings (SSSR count). The van der Waals surface area contributed by atoms with Gasteiger partial charge in [-0.25, -0.2) is 0 Å². The van der Waals surface area contributed by atoms with Crippen molar-refractivity contribution in [2.24, 2.45) is 0 Å². The summed E-state index contributed by atoms with van der Waals surface area (Å²) in [7, 11) is 0. The Morgan fingerprint density at radius 3 is 2.94 bits per heavy atom. The monoisotopic (exact) mass is 223 g/mol. The fraction of sp³-hybridized carbons (Fsp3) is 0.917. The zero-order chi connectivity index (χ0) is 11.2. The van der Waals surface area contributed by atoms with E-state index >= 15 is 0 Å². The summed E-state index contributed by atoms with van der Waals surface area (Å²) >= 11 is 0. The van der Waals surface area contributed by atoms with Crippen molar-refractivity contribution in [2.45, 2.75) is 44.2 Å². The summed E-state index contributed by atoms with van der Waals surface area (Å²) in [6.07, 6.45) is 4.51. The van der Waals surface area contributed by atoms with Crippen molar-refractivity contribution >= 4 is 5.91 Å². The van der Waals surface area contributed by atoms with Gasteiger partial charge in [0.25, 0.3) is 0 Å². The number of carbonyl (C=O) groups excluding carboxylic acids is 1. The number of likely N-dealkylation sites (tertiary alicyclic amines) is 1. The van der Waals surface area contributed by atoms with Gasteiger partial charge in [-0.1, -0.05) is 6.92 Å². The molecule has 0 aromatic carbocycles. The zero-order valence-electron chi connectivity index (χ0n) is 10.0. The summed E-state index contributed by atoms with van der Waals surface area (Å²) in [6.45, 7) is 6.36. The van der Waals surface area contributed by atoms with Crippen molar-refractivity contribution in [1.29, 1.82) is 0 Å². The molecule has 90 valence electrons. The van der Waals surface area contributed by atoms with Gasteiger partial charge in [0.15, 0.2) is 0 Å². The summed E-state index contributed by atoms with van der Waals surface area (Å²) in [4.78, 5) is 16.8. The highest BCUT2D eigenvalue weighted by Gasteiger charge is 2.56. The van der Waals surface area contributed by atoms with Crippen molar-refractivity contribution in [2.75, 3.05) is 26.3 Å². The van der Waals surface area contributed by atoms with Gasteiger partial charge in [0, 0.05) is 12.6 Å². The summed E-state index contributed by atoms with van der Waals surface area (Å²) < 4.78 is 0. The molecule has 2 heterocycles. The number of carbonyl (C=O) groups is 1. The number of hydrogen-bond donors (Lipinski definition) is 1. The number of piperidine rings is 1. The van der Waals surface area contributed by atoms with E-state index in [1.807, 2.05) is 0 Å². The Bertz CT molecular complexity index is 301. The van der Waals surface area contributed by atoms with Crippen molar-refractivity contribution in [3.05, 3.63) is 0 Å². The highest BCUT2D eigenvalue weighted by molar-refractivity contribution is 5.91. The molecule has 4 nitrogen and oxygen atoms in total. The minimum atomic E-state index is -0.117. The highest BCUT2D eigenvalue weighted by Crippen LogP contribution is 2.41. The molecule has 0 aromatic rings. The van der Waals surface area contributed by atoms with Crippen LogP contribution in [0.2, 0.25) is 0 Å². The Kier molecular flexibility index (Phi) is 2.44. The fourth-order valence-corrected chi connectivity index (χ4v) is 3.04. The van der Waals surface area contributed by atoms with Crippen molar-refractivity contribution in [3.63, 3.8) is 0 Å². The van der Waals surface area contributed by atoms with Crippen LogP contribution in [0.4, 0.5) is 0 Å². The van der Waals surface area contributed by atoms with Gasteiger partial charge in [0.1, 0.15) is 0 Å². The van der Waals surface area contributed by atoms with E-state index in [2.05, 4.69) is 22.0 Å². The molecule has 1 saturated carbocycles. The van der Waals surface area contributed by atoms with Gasteiger partial charge < -0.3 is 9.80 Å². The Balaban J connectivity index is 1.66. The van der Waals surface area contributed by atoms with Crippen molar-refractivity contribution in [1.82, 2.24) is 15.1 Å². The summed E-state index contributed by atoms with van der Waals surface area (Å²) in [6, 6.07) is 0.452. The van der Waals surface area contributed by atoms with Crippen LogP contribution in [0.25, 0.3) is 0 Å². The number of nitrogens with one attached hydrogen (secondary N) is 1. The molecule has 1 spiro atoms. The average molecular weight is 223 g/mol.